The van der Waals surface area contributed by atoms with Gasteiger partial charge >= 0.3 is 0 Å². The van der Waals surface area contributed by atoms with Gasteiger partial charge in [0.05, 0.1) is 17.9 Å². The second kappa shape index (κ2) is 4.81. The van der Waals surface area contributed by atoms with Crippen LogP contribution in [0.1, 0.15) is 50.8 Å². The minimum atomic E-state index is -0.0471. The SMILES string of the molecule is Cc1nc2c(n1CCOC(C)(C)C)CCCC2. The van der Waals surface area contributed by atoms with Crippen molar-refractivity contribution in [2.45, 2.75) is 65.5 Å². The molecule has 0 bridgehead atoms. The zero-order valence-corrected chi connectivity index (χ0v) is 11.5. The molecule has 0 spiro atoms. The lowest BCUT2D eigenvalue weighted by Gasteiger charge is -2.21. The first kappa shape index (κ1) is 12.6. The largest absolute Gasteiger partial charge is 0.374 e. The minimum Gasteiger partial charge on any atom is -0.374 e. The second-order valence-corrected chi connectivity index (χ2v) is 5.87. The molecule has 2 rings (SSSR count). The predicted molar refractivity (Wildman–Crippen MR) is 69.3 cm³/mol. The molecule has 0 amide bonds. The van der Waals surface area contributed by atoms with E-state index in [0.717, 1.165) is 25.4 Å². The van der Waals surface area contributed by atoms with E-state index in [9.17, 15) is 0 Å². The molecule has 17 heavy (non-hydrogen) atoms. The van der Waals surface area contributed by atoms with Crippen LogP contribution in [0.5, 0.6) is 0 Å². The van der Waals surface area contributed by atoms with Gasteiger partial charge in [0.2, 0.25) is 0 Å². The molecular weight excluding hydrogens is 212 g/mol. The van der Waals surface area contributed by atoms with Gasteiger partial charge in [-0.25, -0.2) is 4.98 Å². The van der Waals surface area contributed by atoms with Crippen LogP contribution in [0.2, 0.25) is 0 Å². The summed E-state index contributed by atoms with van der Waals surface area (Å²) in [5, 5.41) is 0. The molecule has 3 heteroatoms. The van der Waals surface area contributed by atoms with Gasteiger partial charge < -0.3 is 9.30 Å². The van der Waals surface area contributed by atoms with Crippen molar-refractivity contribution in [2.75, 3.05) is 6.61 Å². The summed E-state index contributed by atoms with van der Waals surface area (Å²) in [5.74, 6) is 1.15. The molecule has 1 aliphatic carbocycles. The monoisotopic (exact) mass is 236 g/mol. The molecular formula is C14H24N2O. The predicted octanol–water partition coefficient (Wildman–Crippen LogP) is 2.89. The Morgan fingerprint density at radius 2 is 1.94 bits per heavy atom. The number of aryl methyl sites for hydroxylation is 2. The average Bonchev–Trinajstić information content (AvgIpc) is 2.54. The van der Waals surface area contributed by atoms with Crippen LogP contribution in [0.3, 0.4) is 0 Å². The van der Waals surface area contributed by atoms with E-state index >= 15 is 0 Å². The zero-order valence-electron chi connectivity index (χ0n) is 11.5. The third-order valence-electron chi connectivity index (χ3n) is 3.27. The maximum absolute atomic E-state index is 5.80. The number of hydrogen-bond acceptors (Lipinski definition) is 2. The van der Waals surface area contributed by atoms with Crippen LogP contribution in [-0.2, 0) is 24.1 Å². The number of ether oxygens (including phenoxy) is 1. The van der Waals surface area contributed by atoms with Gasteiger partial charge in [-0.1, -0.05) is 0 Å². The Balaban J connectivity index is 2.03. The van der Waals surface area contributed by atoms with E-state index in [-0.39, 0.29) is 5.60 Å². The van der Waals surface area contributed by atoms with Crippen molar-refractivity contribution in [3.8, 4) is 0 Å². The number of rotatable bonds is 3. The van der Waals surface area contributed by atoms with Crippen LogP contribution >= 0.6 is 0 Å². The van der Waals surface area contributed by atoms with Crippen LogP contribution in [0.4, 0.5) is 0 Å². The maximum atomic E-state index is 5.80. The van der Waals surface area contributed by atoms with E-state index in [2.05, 4.69) is 37.2 Å². The molecule has 0 saturated carbocycles. The van der Waals surface area contributed by atoms with Crippen molar-refractivity contribution in [2.24, 2.45) is 0 Å². The first-order valence-corrected chi connectivity index (χ1v) is 6.66. The summed E-state index contributed by atoms with van der Waals surface area (Å²) in [6, 6.07) is 0. The fraction of sp³-hybridized carbons (Fsp3) is 0.786. The van der Waals surface area contributed by atoms with E-state index in [1.54, 1.807) is 0 Å². The molecule has 96 valence electrons. The lowest BCUT2D eigenvalue weighted by molar-refractivity contribution is -0.00725. The number of hydrogen-bond donors (Lipinski definition) is 0. The standard InChI is InChI=1S/C14H24N2O/c1-11-15-12-7-5-6-8-13(12)16(11)9-10-17-14(2,3)4/h5-10H2,1-4H3. The summed E-state index contributed by atoms with van der Waals surface area (Å²) >= 11 is 0. The molecule has 1 aromatic rings. The number of fused-ring (bicyclic) bond motifs is 1. The van der Waals surface area contributed by atoms with Crippen LogP contribution in [-0.4, -0.2) is 21.8 Å². The Morgan fingerprint density at radius 3 is 2.65 bits per heavy atom. The summed E-state index contributed by atoms with van der Waals surface area (Å²) in [6.45, 7) is 10.1. The summed E-state index contributed by atoms with van der Waals surface area (Å²) in [6.07, 6.45) is 4.94. The lowest BCUT2D eigenvalue weighted by atomic mass is 10.0. The molecule has 1 aliphatic rings. The Labute approximate surface area is 104 Å². The fourth-order valence-electron chi connectivity index (χ4n) is 2.48. The van der Waals surface area contributed by atoms with Gasteiger partial charge in [0, 0.05) is 12.2 Å². The van der Waals surface area contributed by atoms with Crippen molar-refractivity contribution in [3.05, 3.63) is 17.2 Å². The van der Waals surface area contributed by atoms with Crippen molar-refractivity contribution >= 4 is 0 Å². The molecule has 0 aliphatic heterocycles. The first-order valence-electron chi connectivity index (χ1n) is 6.66. The van der Waals surface area contributed by atoms with Gasteiger partial charge in [-0.2, -0.15) is 0 Å². The van der Waals surface area contributed by atoms with Gasteiger partial charge in [-0.05, 0) is 53.4 Å². The van der Waals surface area contributed by atoms with Gasteiger partial charge in [0.15, 0.2) is 0 Å². The third-order valence-corrected chi connectivity index (χ3v) is 3.27. The molecule has 0 aromatic carbocycles. The van der Waals surface area contributed by atoms with Crippen LogP contribution < -0.4 is 0 Å². The molecule has 0 unspecified atom stereocenters. The van der Waals surface area contributed by atoms with E-state index in [1.165, 1.54) is 30.7 Å². The lowest BCUT2D eigenvalue weighted by Crippen LogP contribution is -2.23. The average molecular weight is 236 g/mol. The minimum absolute atomic E-state index is 0.0471. The van der Waals surface area contributed by atoms with Gasteiger partial charge in [0.25, 0.3) is 0 Å². The molecule has 1 heterocycles. The molecule has 0 atom stereocenters. The smallest absolute Gasteiger partial charge is 0.106 e. The number of aromatic nitrogens is 2. The topological polar surface area (TPSA) is 27.1 Å². The highest BCUT2D eigenvalue weighted by atomic mass is 16.5. The second-order valence-electron chi connectivity index (χ2n) is 5.87. The van der Waals surface area contributed by atoms with Crippen LogP contribution in [0, 0.1) is 6.92 Å². The molecule has 1 aromatic heterocycles. The van der Waals surface area contributed by atoms with Gasteiger partial charge in [0.1, 0.15) is 5.82 Å². The third kappa shape index (κ3) is 3.09. The summed E-state index contributed by atoms with van der Waals surface area (Å²) in [7, 11) is 0. The maximum Gasteiger partial charge on any atom is 0.106 e. The van der Waals surface area contributed by atoms with Crippen molar-refractivity contribution in [3.63, 3.8) is 0 Å². The van der Waals surface area contributed by atoms with Gasteiger partial charge in [-0.3, -0.25) is 0 Å². The summed E-state index contributed by atoms with van der Waals surface area (Å²) in [4.78, 5) is 4.67. The van der Waals surface area contributed by atoms with Crippen molar-refractivity contribution in [1.82, 2.24) is 9.55 Å². The zero-order chi connectivity index (χ0) is 12.5. The fourth-order valence-corrected chi connectivity index (χ4v) is 2.48. The van der Waals surface area contributed by atoms with E-state index in [0.29, 0.717) is 0 Å². The van der Waals surface area contributed by atoms with E-state index in [4.69, 9.17) is 4.74 Å². The first-order chi connectivity index (χ1) is 7.97. The number of imidazole rings is 1. The van der Waals surface area contributed by atoms with Crippen molar-refractivity contribution < 1.29 is 4.74 Å². The Kier molecular flexibility index (Phi) is 3.57. The van der Waals surface area contributed by atoms with Gasteiger partial charge in [-0.15, -0.1) is 0 Å². The summed E-state index contributed by atoms with van der Waals surface area (Å²) < 4.78 is 8.15. The molecule has 0 N–H and O–H groups in total. The number of nitrogens with zero attached hydrogens (tertiary/aromatic N) is 2. The van der Waals surface area contributed by atoms with E-state index in [1.807, 2.05) is 0 Å². The quantitative estimate of drug-likeness (QED) is 0.807. The molecule has 0 radical (unpaired) electrons. The highest BCUT2D eigenvalue weighted by Crippen LogP contribution is 2.22. The van der Waals surface area contributed by atoms with E-state index < -0.39 is 0 Å². The molecule has 0 saturated heterocycles. The molecule has 0 fully saturated rings. The highest BCUT2D eigenvalue weighted by Gasteiger charge is 2.18. The Morgan fingerprint density at radius 1 is 1.24 bits per heavy atom. The Hall–Kier alpha value is -0.830. The Bertz CT molecular complexity index is 388. The molecule has 3 nitrogen and oxygen atoms in total. The van der Waals surface area contributed by atoms with Crippen LogP contribution in [0.25, 0.3) is 0 Å². The van der Waals surface area contributed by atoms with Crippen molar-refractivity contribution in [1.29, 1.82) is 0 Å². The highest BCUT2D eigenvalue weighted by molar-refractivity contribution is 5.19. The normalized spacial score (nSPS) is 16.0. The van der Waals surface area contributed by atoms with Crippen LogP contribution in [0.15, 0.2) is 0 Å². The summed E-state index contributed by atoms with van der Waals surface area (Å²) in [5.41, 5.74) is 2.73.